The summed E-state index contributed by atoms with van der Waals surface area (Å²) in [5, 5.41) is 0. The first-order valence-electron chi connectivity index (χ1n) is 12.5. The Morgan fingerprint density at radius 3 is 2.46 bits per heavy atom. The third-order valence-electron chi connectivity index (χ3n) is 8.16. The molecule has 2 heterocycles. The highest BCUT2D eigenvalue weighted by Gasteiger charge is 2.57. The highest BCUT2D eigenvalue weighted by Crippen LogP contribution is 2.47. The number of amides is 2. The van der Waals surface area contributed by atoms with Crippen molar-refractivity contribution >= 4 is 17.6 Å². The molecule has 1 unspecified atom stereocenters. The smallest absolute Gasteiger partial charge is 0.256 e. The quantitative estimate of drug-likeness (QED) is 0.568. The maximum atomic E-state index is 13.7. The second kappa shape index (κ2) is 7.87. The molecule has 0 aromatic heterocycles. The van der Waals surface area contributed by atoms with E-state index in [1.807, 2.05) is 35.2 Å². The van der Waals surface area contributed by atoms with Crippen LogP contribution in [0.1, 0.15) is 44.6 Å². The van der Waals surface area contributed by atoms with Gasteiger partial charge in [-0.1, -0.05) is 49.9 Å². The van der Waals surface area contributed by atoms with Crippen LogP contribution in [0.2, 0.25) is 0 Å². The summed E-state index contributed by atoms with van der Waals surface area (Å²) >= 11 is 0. The molecule has 1 spiro atoms. The highest BCUT2D eigenvalue weighted by molar-refractivity contribution is 6.16. The maximum Gasteiger partial charge on any atom is 0.256 e. The van der Waals surface area contributed by atoms with Crippen LogP contribution >= 0.6 is 0 Å². The Hall–Kier alpha value is -3.28. The average Bonchev–Trinajstić information content (AvgIpc) is 3.78. The number of nitrogens with zero attached hydrogens (tertiary/aromatic N) is 3. The monoisotopic (exact) mass is 471 g/mol. The molecule has 1 atom stereocenters. The second-order valence-corrected chi connectivity index (χ2v) is 10.9. The number of hydrogen-bond donors (Lipinski definition) is 0. The third-order valence-corrected chi connectivity index (χ3v) is 8.16. The summed E-state index contributed by atoms with van der Waals surface area (Å²) in [5.74, 6) is 0.962. The van der Waals surface area contributed by atoms with E-state index in [2.05, 4.69) is 13.5 Å². The van der Waals surface area contributed by atoms with Crippen molar-refractivity contribution in [1.82, 2.24) is 9.80 Å². The minimum absolute atomic E-state index is 0.0513. The number of hydrogen-bond acceptors (Lipinski definition) is 3. The van der Waals surface area contributed by atoms with E-state index in [4.69, 9.17) is 4.99 Å². The highest BCUT2D eigenvalue weighted by atomic mass is 19.1. The molecule has 0 N–H and O–H groups in total. The van der Waals surface area contributed by atoms with E-state index in [1.54, 1.807) is 11.0 Å². The number of amidine groups is 1. The van der Waals surface area contributed by atoms with E-state index >= 15 is 0 Å². The van der Waals surface area contributed by atoms with Crippen LogP contribution in [-0.4, -0.2) is 52.6 Å². The van der Waals surface area contributed by atoms with E-state index < -0.39 is 5.54 Å². The number of carbonyl (C=O) groups is 2. The molecule has 2 aromatic carbocycles. The summed E-state index contributed by atoms with van der Waals surface area (Å²) in [6, 6.07) is 14.3. The van der Waals surface area contributed by atoms with E-state index in [-0.39, 0.29) is 29.0 Å². The molecule has 6 rings (SSSR count). The van der Waals surface area contributed by atoms with Gasteiger partial charge < -0.3 is 4.90 Å². The molecule has 0 radical (unpaired) electrons. The molecule has 2 aromatic rings. The number of halogens is 1. The van der Waals surface area contributed by atoms with E-state index in [9.17, 15) is 14.0 Å². The molecule has 5 nitrogen and oxygen atoms in total. The summed E-state index contributed by atoms with van der Waals surface area (Å²) in [4.78, 5) is 34.6. The van der Waals surface area contributed by atoms with Gasteiger partial charge in [0.15, 0.2) is 0 Å². The summed E-state index contributed by atoms with van der Waals surface area (Å²) in [5.41, 5.74) is 2.74. The first kappa shape index (κ1) is 22.2. The van der Waals surface area contributed by atoms with Crippen molar-refractivity contribution in [3.05, 3.63) is 72.1 Å². The van der Waals surface area contributed by atoms with Crippen LogP contribution in [0.4, 0.5) is 4.39 Å². The van der Waals surface area contributed by atoms with Crippen LogP contribution in [-0.2, 0) is 9.59 Å². The Morgan fingerprint density at radius 2 is 1.80 bits per heavy atom. The van der Waals surface area contributed by atoms with Gasteiger partial charge >= 0.3 is 0 Å². The van der Waals surface area contributed by atoms with Gasteiger partial charge in [-0.25, -0.2) is 4.39 Å². The zero-order chi connectivity index (χ0) is 24.4. The molecule has 2 aliphatic heterocycles. The van der Waals surface area contributed by atoms with Gasteiger partial charge in [-0.15, -0.1) is 0 Å². The van der Waals surface area contributed by atoms with Gasteiger partial charge in [0, 0.05) is 36.5 Å². The molecular formula is C29H30FN3O2. The Labute approximate surface area is 205 Å². The van der Waals surface area contributed by atoms with Crippen molar-refractivity contribution < 1.29 is 14.0 Å². The fourth-order valence-corrected chi connectivity index (χ4v) is 5.36. The van der Waals surface area contributed by atoms with Crippen LogP contribution in [0.25, 0.3) is 11.1 Å². The lowest BCUT2D eigenvalue weighted by atomic mass is 9.81. The third kappa shape index (κ3) is 3.89. The largest absolute Gasteiger partial charge is 0.342 e. The van der Waals surface area contributed by atoms with Gasteiger partial charge in [0.1, 0.15) is 17.2 Å². The first-order chi connectivity index (χ1) is 16.8. The Bertz CT molecular complexity index is 1260. The van der Waals surface area contributed by atoms with Crippen molar-refractivity contribution in [2.75, 3.05) is 19.6 Å². The van der Waals surface area contributed by atoms with Gasteiger partial charge in [-0.2, -0.15) is 0 Å². The Kier molecular flexibility index (Phi) is 4.99. The van der Waals surface area contributed by atoms with E-state index in [1.165, 1.54) is 12.1 Å². The Morgan fingerprint density at radius 1 is 1.09 bits per heavy atom. The first-order valence-corrected chi connectivity index (χ1v) is 12.5. The van der Waals surface area contributed by atoms with Crippen molar-refractivity contribution in [1.29, 1.82) is 0 Å². The molecule has 0 bridgehead atoms. The SMILES string of the molecule is C=C(CN1C(=O)C2(CC2)N=C1c1ccc(-c2cccc(F)c2)cc1)C1(C)CCN(C(=O)C2CC2)C1. The number of rotatable bonds is 6. The number of carbonyl (C=O) groups excluding carboxylic acids is 2. The second-order valence-electron chi connectivity index (χ2n) is 10.9. The lowest BCUT2D eigenvalue weighted by Gasteiger charge is -2.31. The fraction of sp³-hybridized carbons (Fsp3) is 0.414. The fourth-order valence-electron chi connectivity index (χ4n) is 5.36. The summed E-state index contributed by atoms with van der Waals surface area (Å²) in [6.07, 6.45) is 4.44. The van der Waals surface area contributed by atoms with Crippen LogP contribution in [0.5, 0.6) is 0 Å². The van der Waals surface area contributed by atoms with Gasteiger partial charge in [0.2, 0.25) is 5.91 Å². The predicted octanol–water partition coefficient (Wildman–Crippen LogP) is 4.82. The lowest BCUT2D eigenvalue weighted by Crippen LogP contribution is -2.41. The summed E-state index contributed by atoms with van der Waals surface area (Å²) in [7, 11) is 0. The maximum absolute atomic E-state index is 13.7. The molecular weight excluding hydrogens is 441 g/mol. The molecule has 180 valence electrons. The molecule has 1 saturated heterocycles. The molecule has 6 heteroatoms. The number of aliphatic imine (C=N–C) groups is 1. The standard InChI is InChI=1S/C29H30FN3O2/c1-19(28(2)14-15-32(18-28)26(34)22-10-11-22)17-33-25(31-29(12-13-29)27(33)35)21-8-6-20(7-9-21)23-4-3-5-24(30)16-23/h3-9,16,22H,1,10-15,17-18H2,2H3. The number of likely N-dealkylation sites (tertiary alicyclic amines) is 1. The van der Waals surface area contributed by atoms with Crippen LogP contribution in [0.15, 0.2) is 65.7 Å². The van der Waals surface area contributed by atoms with E-state index in [0.29, 0.717) is 18.9 Å². The Balaban J connectivity index is 1.22. The van der Waals surface area contributed by atoms with Gasteiger partial charge in [0.05, 0.1) is 0 Å². The van der Waals surface area contributed by atoms with Crippen molar-refractivity contribution in [2.45, 2.75) is 44.6 Å². The van der Waals surface area contributed by atoms with Crippen LogP contribution < -0.4 is 0 Å². The predicted molar refractivity (Wildman–Crippen MR) is 133 cm³/mol. The molecule has 35 heavy (non-hydrogen) atoms. The normalized spacial score (nSPS) is 24.7. The summed E-state index contributed by atoms with van der Waals surface area (Å²) < 4.78 is 13.7. The van der Waals surface area contributed by atoms with Gasteiger partial charge in [-0.05, 0) is 60.9 Å². The van der Waals surface area contributed by atoms with Crippen LogP contribution in [0, 0.1) is 17.2 Å². The molecule has 2 aliphatic carbocycles. The average molecular weight is 472 g/mol. The number of benzene rings is 2. The molecule has 4 aliphatic rings. The zero-order valence-electron chi connectivity index (χ0n) is 20.1. The zero-order valence-corrected chi connectivity index (χ0v) is 20.1. The minimum Gasteiger partial charge on any atom is -0.342 e. The lowest BCUT2D eigenvalue weighted by molar-refractivity contribution is -0.132. The van der Waals surface area contributed by atoms with Crippen molar-refractivity contribution in [2.24, 2.45) is 16.3 Å². The van der Waals surface area contributed by atoms with Gasteiger partial charge in [0.25, 0.3) is 5.91 Å². The molecule has 2 amide bonds. The van der Waals surface area contributed by atoms with Crippen molar-refractivity contribution in [3.8, 4) is 11.1 Å². The van der Waals surface area contributed by atoms with E-state index in [0.717, 1.165) is 60.9 Å². The summed E-state index contributed by atoms with van der Waals surface area (Å²) in [6.45, 7) is 8.39. The minimum atomic E-state index is -0.610. The van der Waals surface area contributed by atoms with Gasteiger partial charge in [-0.3, -0.25) is 19.5 Å². The van der Waals surface area contributed by atoms with Crippen molar-refractivity contribution in [3.63, 3.8) is 0 Å². The molecule has 2 saturated carbocycles. The topological polar surface area (TPSA) is 53.0 Å². The molecule has 3 fully saturated rings. The van der Waals surface area contributed by atoms with Crippen LogP contribution in [0.3, 0.4) is 0 Å².